The minimum Gasteiger partial charge on any atom is -0.436 e. The Bertz CT molecular complexity index is 1660. The van der Waals surface area contributed by atoms with Gasteiger partial charge in [0.05, 0.1) is 21.9 Å². The maximum atomic E-state index is 11.0. The monoisotopic (exact) mass is 545 g/mol. The number of anilines is 2. The lowest BCUT2D eigenvalue weighted by Crippen LogP contribution is -2.21. The predicted octanol–water partition coefficient (Wildman–Crippen LogP) is 7.56. The lowest BCUT2D eigenvalue weighted by atomic mass is 10.1. The van der Waals surface area contributed by atoms with Crippen LogP contribution in [0.2, 0.25) is 5.02 Å². The van der Waals surface area contributed by atoms with E-state index in [1.165, 1.54) is 23.5 Å². The molecule has 0 saturated heterocycles. The number of hydrogen-bond donors (Lipinski definition) is 1. The fourth-order valence-electron chi connectivity index (χ4n) is 4.05. The van der Waals surface area contributed by atoms with Crippen LogP contribution in [0.1, 0.15) is 13.8 Å². The van der Waals surface area contributed by atoms with Gasteiger partial charge in [0.1, 0.15) is 10.6 Å². The number of fused-ring (bicyclic) bond motifs is 1. The predicted molar refractivity (Wildman–Crippen MR) is 154 cm³/mol. The van der Waals surface area contributed by atoms with Crippen molar-refractivity contribution >= 4 is 51.0 Å². The van der Waals surface area contributed by atoms with Crippen LogP contribution in [-0.4, -0.2) is 23.0 Å². The Morgan fingerprint density at radius 3 is 2.47 bits per heavy atom. The first-order valence-corrected chi connectivity index (χ1v) is 13.3. The molecule has 3 aromatic carbocycles. The molecule has 1 N–H and O–H groups in total. The lowest BCUT2D eigenvalue weighted by molar-refractivity contribution is -0.384. The topological polar surface area (TPSA) is 96.8 Å². The summed E-state index contributed by atoms with van der Waals surface area (Å²) in [7, 11) is 0. The van der Waals surface area contributed by atoms with Crippen LogP contribution in [0.3, 0.4) is 0 Å². The molecule has 0 unspecified atom stereocenters. The van der Waals surface area contributed by atoms with E-state index in [1.807, 2.05) is 47.8 Å². The number of thiazole rings is 1. The van der Waals surface area contributed by atoms with E-state index in [0.29, 0.717) is 21.8 Å². The number of nitrogens with zero attached hydrogens (tertiary/aromatic N) is 4. The minimum atomic E-state index is -0.439. The molecule has 5 rings (SSSR count). The number of hydrogen-bond acceptors (Lipinski definition) is 8. The summed E-state index contributed by atoms with van der Waals surface area (Å²) in [4.78, 5) is 17.6. The van der Waals surface area contributed by atoms with Gasteiger partial charge in [-0.15, -0.1) is 16.4 Å². The number of benzene rings is 3. The van der Waals surface area contributed by atoms with Crippen molar-refractivity contribution in [2.45, 2.75) is 13.8 Å². The van der Waals surface area contributed by atoms with Gasteiger partial charge in [-0.25, -0.2) is 4.98 Å². The first kappa shape index (κ1) is 25.4. The van der Waals surface area contributed by atoms with Crippen LogP contribution in [0.4, 0.5) is 17.1 Å². The van der Waals surface area contributed by atoms with E-state index in [9.17, 15) is 10.1 Å². The summed E-state index contributed by atoms with van der Waals surface area (Å²) in [6.45, 7) is 5.99. The molecule has 0 atom stereocenters. The number of nitro benzene ring substituents is 1. The van der Waals surface area contributed by atoms with Crippen molar-refractivity contribution in [2.75, 3.05) is 23.4 Å². The molecule has 192 valence electrons. The normalized spacial score (nSPS) is 11.6. The van der Waals surface area contributed by atoms with Crippen LogP contribution in [0.5, 0.6) is 0 Å². The Kier molecular flexibility index (Phi) is 7.39. The maximum absolute atomic E-state index is 11.0. The second-order valence-corrected chi connectivity index (χ2v) is 9.73. The van der Waals surface area contributed by atoms with Gasteiger partial charge in [0, 0.05) is 58.3 Å². The van der Waals surface area contributed by atoms with Crippen LogP contribution < -0.4 is 15.9 Å². The Balaban J connectivity index is 1.60. The largest absolute Gasteiger partial charge is 0.436 e. The highest BCUT2D eigenvalue weighted by atomic mass is 35.5. The van der Waals surface area contributed by atoms with E-state index in [2.05, 4.69) is 35.3 Å². The zero-order chi connectivity index (χ0) is 26.6. The summed E-state index contributed by atoms with van der Waals surface area (Å²) >= 11 is 7.54. The van der Waals surface area contributed by atoms with E-state index >= 15 is 0 Å². The van der Waals surface area contributed by atoms with E-state index in [0.717, 1.165) is 46.0 Å². The molecule has 0 aliphatic rings. The number of nitrogens with one attached hydrogen (secondary N) is 1. The van der Waals surface area contributed by atoms with Crippen molar-refractivity contribution in [2.24, 2.45) is 5.10 Å². The molecule has 8 nitrogen and oxygen atoms in total. The lowest BCUT2D eigenvalue weighted by Gasteiger charge is -2.21. The standard InChI is InChI=1S/C28H24ClN5O3S/c1-3-33(4-2)23-12-7-19-15-24(28-30-25(17-38-28)18-5-8-20(29)9-6-18)27(37-26(19)16-23)32-31-21-10-13-22(14-11-21)34(35)36/h5-17,31H,3-4H2,1-2H3. The Morgan fingerprint density at radius 2 is 1.79 bits per heavy atom. The maximum Gasteiger partial charge on any atom is 0.269 e. The highest BCUT2D eigenvalue weighted by Crippen LogP contribution is 2.30. The molecule has 0 aliphatic heterocycles. The third-order valence-electron chi connectivity index (χ3n) is 6.10. The molecule has 0 bridgehead atoms. The molecule has 10 heteroatoms. The second kappa shape index (κ2) is 11.0. The van der Waals surface area contributed by atoms with Crippen molar-refractivity contribution < 1.29 is 9.34 Å². The van der Waals surface area contributed by atoms with E-state index in [4.69, 9.17) is 21.0 Å². The number of halogens is 1. The van der Waals surface area contributed by atoms with Gasteiger partial charge in [-0.2, -0.15) is 0 Å². The third-order valence-corrected chi connectivity index (χ3v) is 7.23. The SMILES string of the molecule is CCN(CC)c1ccc2cc(-c3nc(-c4ccc(Cl)cc4)cs3)c(=NNc3ccc([N+](=O)[O-])cc3)oc2c1. The smallest absolute Gasteiger partial charge is 0.269 e. The van der Waals surface area contributed by atoms with Gasteiger partial charge in [0.25, 0.3) is 5.69 Å². The zero-order valence-electron chi connectivity index (χ0n) is 20.7. The average Bonchev–Trinajstić information content (AvgIpc) is 3.43. The number of rotatable bonds is 8. The summed E-state index contributed by atoms with van der Waals surface area (Å²) < 4.78 is 6.33. The number of nitro groups is 1. The van der Waals surface area contributed by atoms with Gasteiger partial charge >= 0.3 is 0 Å². The summed E-state index contributed by atoms with van der Waals surface area (Å²) in [5.41, 5.74) is 8.19. The second-order valence-electron chi connectivity index (χ2n) is 8.43. The van der Waals surface area contributed by atoms with Crippen LogP contribution in [0, 0.1) is 10.1 Å². The summed E-state index contributed by atoms with van der Waals surface area (Å²) in [5, 5.41) is 19.8. The van der Waals surface area contributed by atoms with Crippen LogP contribution in [0.15, 0.2) is 87.7 Å². The van der Waals surface area contributed by atoms with Crippen molar-refractivity contribution in [3.8, 4) is 21.8 Å². The molecule has 0 spiro atoms. The number of aromatic nitrogens is 1. The van der Waals surface area contributed by atoms with Gasteiger partial charge in [0.2, 0.25) is 5.55 Å². The summed E-state index contributed by atoms with van der Waals surface area (Å²) in [6.07, 6.45) is 0. The Hall–Kier alpha value is -4.21. The molecule has 0 amide bonds. The summed E-state index contributed by atoms with van der Waals surface area (Å²) in [5.74, 6) is 0. The van der Waals surface area contributed by atoms with E-state index in [-0.39, 0.29) is 5.69 Å². The molecule has 0 fully saturated rings. The van der Waals surface area contributed by atoms with Crippen molar-refractivity contribution in [3.63, 3.8) is 0 Å². The Labute approximate surface area is 228 Å². The first-order chi connectivity index (χ1) is 18.4. The molecule has 38 heavy (non-hydrogen) atoms. The van der Waals surface area contributed by atoms with Gasteiger partial charge in [-0.3, -0.25) is 15.5 Å². The highest BCUT2D eigenvalue weighted by molar-refractivity contribution is 7.13. The van der Waals surface area contributed by atoms with Crippen molar-refractivity contribution in [1.82, 2.24) is 4.98 Å². The fourth-order valence-corrected chi connectivity index (χ4v) is 5.01. The van der Waals surface area contributed by atoms with E-state index < -0.39 is 4.92 Å². The first-order valence-electron chi connectivity index (χ1n) is 12.0. The summed E-state index contributed by atoms with van der Waals surface area (Å²) in [6, 6.07) is 21.7. The van der Waals surface area contributed by atoms with E-state index in [1.54, 1.807) is 12.1 Å². The molecule has 2 heterocycles. The van der Waals surface area contributed by atoms with Crippen LogP contribution in [-0.2, 0) is 0 Å². The van der Waals surface area contributed by atoms with Crippen LogP contribution in [0.25, 0.3) is 32.8 Å². The molecule has 0 aliphatic carbocycles. The number of non-ortho nitro benzene ring substituents is 1. The van der Waals surface area contributed by atoms with Crippen molar-refractivity contribution in [3.05, 3.63) is 98.9 Å². The quantitative estimate of drug-likeness (QED) is 0.160. The minimum absolute atomic E-state index is 0.00748. The molecular weight excluding hydrogens is 522 g/mol. The average molecular weight is 546 g/mol. The molecule has 0 radical (unpaired) electrons. The third kappa shape index (κ3) is 5.39. The molecule has 5 aromatic rings. The molecule has 2 aromatic heterocycles. The van der Waals surface area contributed by atoms with Gasteiger partial charge in [0.15, 0.2) is 0 Å². The van der Waals surface area contributed by atoms with Crippen LogP contribution >= 0.6 is 22.9 Å². The van der Waals surface area contributed by atoms with Crippen molar-refractivity contribution in [1.29, 1.82) is 0 Å². The van der Waals surface area contributed by atoms with Gasteiger partial charge in [-0.05, 0) is 56.3 Å². The zero-order valence-corrected chi connectivity index (χ0v) is 22.3. The fraction of sp³-hybridized carbons (Fsp3) is 0.143. The molecule has 0 saturated carbocycles. The van der Waals surface area contributed by atoms with Gasteiger partial charge < -0.3 is 9.32 Å². The Morgan fingerprint density at radius 1 is 1.05 bits per heavy atom. The highest BCUT2D eigenvalue weighted by Gasteiger charge is 2.14. The van der Waals surface area contributed by atoms with Gasteiger partial charge in [-0.1, -0.05) is 23.7 Å². The molecular formula is C28H24ClN5O3S.